The minimum atomic E-state index is 0.340. The predicted octanol–water partition coefficient (Wildman–Crippen LogP) is 1.81. The van der Waals surface area contributed by atoms with Crippen LogP contribution in [0.4, 0.5) is 5.82 Å². The fourth-order valence-electron chi connectivity index (χ4n) is 2.42. The van der Waals surface area contributed by atoms with Crippen LogP contribution in [-0.2, 0) is 0 Å². The second-order valence-corrected chi connectivity index (χ2v) is 4.39. The summed E-state index contributed by atoms with van der Waals surface area (Å²) in [7, 11) is 0. The van der Waals surface area contributed by atoms with E-state index in [4.69, 9.17) is 6.42 Å². The molecule has 17 heavy (non-hydrogen) atoms. The van der Waals surface area contributed by atoms with Crippen LogP contribution in [0.1, 0.15) is 12.8 Å². The van der Waals surface area contributed by atoms with Crippen molar-refractivity contribution in [2.45, 2.75) is 12.8 Å². The number of H-pyrrole nitrogens is 1. The summed E-state index contributed by atoms with van der Waals surface area (Å²) >= 11 is 0. The summed E-state index contributed by atoms with van der Waals surface area (Å²) < 4.78 is 0. The van der Waals surface area contributed by atoms with Crippen molar-refractivity contribution in [3.05, 3.63) is 18.6 Å². The smallest absolute Gasteiger partial charge is 0.142 e. The lowest BCUT2D eigenvalue weighted by molar-refractivity contribution is 0.496. The molecule has 4 heteroatoms. The molecule has 2 aromatic rings. The summed E-state index contributed by atoms with van der Waals surface area (Å²) in [6.45, 7) is 1.92. The Labute approximate surface area is 100 Å². The van der Waals surface area contributed by atoms with E-state index in [0.717, 1.165) is 42.8 Å². The topological polar surface area (TPSA) is 44.8 Å². The van der Waals surface area contributed by atoms with Gasteiger partial charge in [0, 0.05) is 25.2 Å². The average molecular weight is 226 g/mol. The maximum absolute atomic E-state index is 5.52. The van der Waals surface area contributed by atoms with Gasteiger partial charge in [-0.05, 0) is 18.9 Å². The first-order valence-corrected chi connectivity index (χ1v) is 5.87. The van der Waals surface area contributed by atoms with Gasteiger partial charge in [-0.25, -0.2) is 9.97 Å². The first-order valence-electron chi connectivity index (χ1n) is 5.87. The monoisotopic (exact) mass is 226 g/mol. The Kier molecular flexibility index (Phi) is 2.45. The highest BCUT2D eigenvalue weighted by Gasteiger charge is 2.21. The summed E-state index contributed by atoms with van der Waals surface area (Å²) in [5.74, 6) is 4.19. The van der Waals surface area contributed by atoms with Gasteiger partial charge in [-0.3, -0.25) is 0 Å². The lowest BCUT2D eigenvalue weighted by atomic mass is 9.99. The minimum Gasteiger partial charge on any atom is -0.355 e. The Morgan fingerprint density at radius 2 is 2.41 bits per heavy atom. The van der Waals surface area contributed by atoms with Gasteiger partial charge in [0.15, 0.2) is 0 Å². The van der Waals surface area contributed by atoms with Gasteiger partial charge in [-0.1, -0.05) is 0 Å². The fraction of sp³-hybridized carbons (Fsp3) is 0.385. The first-order chi connectivity index (χ1) is 8.38. The van der Waals surface area contributed by atoms with Gasteiger partial charge < -0.3 is 9.88 Å². The van der Waals surface area contributed by atoms with Crippen molar-refractivity contribution in [3.63, 3.8) is 0 Å². The number of rotatable bonds is 1. The summed E-state index contributed by atoms with van der Waals surface area (Å²) in [5.41, 5.74) is 0.887. The number of hydrogen-bond acceptors (Lipinski definition) is 3. The quantitative estimate of drug-likeness (QED) is 0.754. The van der Waals surface area contributed by atoms with Gasteiger partial charge >= 0.3 is 0 Å². The Hall–Kier alpha value is -2.02. The van der Waals surface area contributed by atoms with E-state index in [1.165, 1.54) is 0 Å². The van der Waals surface area contributed by atoms with E-state index < -0.39 is 0 Å². The predicted molar refractivity (Wildman–Crippen MR) is 67.7 cm³/mol. The largest absolute Gasteiger partial charge is 0.355 e. The number of fused-ring (bicyclic) bond motifs is 1. The molecule has 2 aromatic heterocycles. The third kappa shape index (κ3) is 1.74. The lowest BCUT2D eigenvalue weighted by Gasteiger charge is -2.31. The number of nitrogens with one attached hydrogen (secondary N) is 1. The summed E-state index contributed by atoms with van der Waals surface area (Å²) in [5, 5.41) is 1.07. The molecule has 1 unspecified atom stereocenters. The third-order valence-corrected chi connectivity index (χ3v) is 3.29. The maximum Gasteiger partial charge on any atom is 0.142 e. The molecule has 1 N–H and O–H groups in total. The second kappa shape index (κ2) is 4.10. The van der Waals surface area contributed by atoms with Crippen LogP contribution in [0, 0.1) is 18.3 Å². The number of piperidine rings is 1. The van der Waals surface area contributed by atoms with Crippen molar-refractivity contribution >= 4 is 16.9 Å². The number of aromatic amines is 1. The van der Waals surface area contributed by atoms with Gasteiger partial charge in [-0.2, -0.15) is 0 Å². The molecule has 1 aliphatic rings. The molecule has 4 nitrogen and oxygen atoms in total. The van der Waals surface area contributed by atoms with Gasteiger partial charge in [0.1, 0.15) is 17.8 Å². The fourth-order valence-corrected chi connectivity index (χ4v) is 2.42. The lowest BCUT2D eigenvalue weighted by Crippen LogP contribution is -2.35. The molecule has 1 saturated heterocycles. The molecule has 0 spiro atoms. The van der Waals surface area contributed by atoms with E-state index in [2.05, 4.69) is 25.8 Å². The summed E-state index contributed by atoms with van der Waals surface area (Å²) in [6, 6.07) is 2.02. The van der Waals surface area contributed by atoms with Gasteiger partial charge in [0.25, 0.3) is 0 Å². The first kappa shape index (κ1) is 10.2. The molecular weight excluding hydrogens is 212 g/mol. The van der Waals surface area contributed by atoms with E-state index in [1.807, 2.05) is 12.3 Å². The number of terminal acetylenes is 1. The van der Waals surface area contributed by atoms with Gasteiger partial charge in [0.05, 0.1) is 5.39 Å². The van der Waals surface area contributed by atoms with Crippen LogP contribution in [0.2, 0.25) is 0 Å². The Morgan fingerprint density at radius 1 is 1.47 bits per heavy atom. The van der Waals surface area contributed by atoms with Crippen LogP contribution in [0.15, 0.2) is 18.6 Å². The van der Waals surface area contributed by atoms with Crippen molar-refractivity contribution in [2.24, 2.45) is 5.92 Å². The normalized spacial score (nSPS) is 20.4. The zero-order chi connectivity index (χ0) is 11.7. The summed E-state index contributed by atoms with van der Waals surface area (Å²) in [4.78, 5) is 14.0. The standard InChI is InChI=1S/C13H14N4/c1-2-10-4-3-7-17(8-10)13-11-5-6-14-12(11)15-9-16-13/h1,5-6,9-10H,3-4,7-8H2,(H,14,15,16). The number of hydrogen-bond donors (Lipinski definition) is 1. The van der Waals surface area contributed by atoms with Crippen molar-refractivity contribution < 1.29 is 0 Å². The highest BCUT2D eigenvalue weighted by atomic mass is 15.2. The molecule has 1 fully saturated rings. The molecule has 3 rings (SSSR count). The van der Waals surface area contributed by atoms with Crippen LogP contribution in [0.25, 0.3) is 11.0 Å². The van der Waals surface area contributed by atoms with E-state index >= 15 is 0 Å². The molecule has 0 radical (unpaired) electrons. The van der Waals surface area contributed by atoms with E-state index in [1.54, 1.807) is 6.33 Å². The number of anilines is 1. The SMILES string of the molecule is C#CC1CCCN(c2ncnc3[nH]ccc23)C1. The summed E-state index contributed by atoms with van der Waals surface area (Å²) in [6.07, 6.45) is 11.3. The Bertz CT molecular complexity index is 566. The molecule has 0 amide bonds. The van der Waals surface area contributed by atoms with Crippen LogP contribution in [0.3, 0.4) is 0 Å². The molecular formula is C13H14N4. The molecule has 1 atom stereocenters. The Morgan fingerprint density at radius 3 is 3.29 bits per heavy atom. The maximum atomic E-state index is 5.52. The van der Waals surface area contributed by atoms with Crippen LogP contribution in [0.5, 0.6) is 0 Å². The Balaban J connectivity index is 1.98. The van der Waals surface area contributed by atoms with Crippen molar-refractivity contribution in [3.8, 4) is 12.3 Å². The molecule has 0 bridgehead atoms. The van der Waals surface area contributed by atoms with Crippen LogP contribution in [-0.4, -0.2) is 28.0 Å². The van der Waals surface area contributed by atoms with Crippen molar-refractivity contribution in [1.82, 2.24) is 15.0 Å². The molecule has 86 valence electrons. The molecule has 0 aromatic carbocycles. The van der Waals surface area contributed by atoms with Gasteiger partial charge in [-0.15, -0.1) is 12.3 Å². The zero-order valence-electron chi connectivity index (χ0n) is 9.56. The minimum absolute atomic E-state index is 0.340. The van der Waals surface area contributed by atoms with E-state index in [0.29, 0.717) is 5.92 Å². The molecule has 3 heterocycles. The molecule has 1 aliphatic heterocycles. The molecule has 0 aliphatic carbocycles. The number of aromatic nitrogens is 3. The highest BCUT2D eigenvalue weighted by molar-refractivity contribution is 5.87. The zero-order valence-corrected chi connectivity index (χ0v) is 9.56. The van der Waals surface area contributed by atoms with Crippen LogP contribution >= 0.6 is 0 Å². The molecule has 0 saturated carbocycles. The second-order valence-electron chi connectivity index (χ2n) is 4.39. The van der Waals surface area contributed by atoms with E-state index in [9.17, 15) is 0 Å². The van der Waals surface area contributed by atoms with Crippen molar-refractivity contribution in [1.29, 1.82) is 0 Å². The highest BCUT2D eigenvalue weighted by Crippen LogP contribution is 2.26. The number of nitrogens with zero attached hydrogens (tertiary/aromatic N) is 3. The van der Waals surface area contributed by atoms with Crippen molar-refractivity contribution in [2.75, 3.05) is 18.0 Å². The average Bonchev–Trinajstić information content (AvgIpc) is 2.87. The van der Waals surface area contributed by atoms with Gasteiger partial charge in [0.2, 0.25) is 0 Å². The third-order valence-electron chi connectivity index (χ3n) is 3.29. The van der Waals surface area contributed by atoms with Crippen LogP contribution < -0.4 is 4.90 Å². The van der Waals surface area contributed by atoms with E-state index in [-0.39, 0.29) is 0 Å².